The molecule has 1 aliphatic rings. The first-order chi connectivity index (χ1) is 7.56. The molecule has 0 aliphatic carbocycles. The fraction of sp³-hybridized carbons (Fsp3) is 0.273. The highest BCUT2D eigenvalue weighted by molar-refractivity contribution is 5.73. The van der Waals surface area contributed by atoms with Gasteiger partial charge in [0.15, 0.2) is 0 Å². The van der Waals surface area contributed by atoms with Crippen LogP contribution in [0.1, 0.15) is 5.56 Å². The Morgan fingerprint density at radius 3 is 2.56 bits per heavy atom. The first-order valence-electron chi connectivity index (χ1n) is 4.81. The fourth-order valence-corrected chi connectivity index (χ4v) is 1.63. The van der Waals surface area contributed by atoms with Gasteiger partial charge in [-0.15, -0.1) is 13.2 Å². The molecule has 0 aromatic heterocycles. The van der Waals surface area contributed by atoms with Crippen LogP contribution in [0.15, 0.2) is 30.3 Å². The molecule has 1 aromatic carbocycles. The molecular weight excluding hydrogens is 219 g/mol. The van der Waals surface area contributed by atoms with Crippen molar-refractivity contribution in [1.29, 1.82) is 0 Å². The van der Waals surface area contributed by atoms with Gasteiger partial charge in [0.05, 0.1) is 0 Å². The van der Waals surface area contributed by atoms with Crippen molar-refractivity contribution in [2.24, 2.45) is 0 Å². The maximum absolute atomic E-state index is 12.2. The van der Waals surface area contributed by atoms with E-state index in [4.69, 9.17) is 0 Å². The summed E-state index contributed by atoms with van der Waals surface area (Å²) in [7, 11) is 0. The van der Waals surface area contributed by atoms with Crippen LogP contribution in [0.4, 0.5) is 13.2 Å². The van der Waals surface area contributed by atoms with Gasteiger partial charge in [-0.3, -0.25) is 0 Å². The smallest absolute Gasteiger partial charge is 0.405 e. The largest absolute Gasteiger partial charge is 0.573 e. The summed E-state index contributed by atoms with van der Waals surface area (Å²) in [4.78, 5) is 0. The molecule has 0 bridgehead atoms. The number of halogens is 3. The molecule has 2 nitrogen and oxygen atoms in total. The van der Waals surface area contributed by atoms with Gasteiger partial charge in [0.1, 0.15) is 5.75 Å². The zero-order chi connectivity index (χ0) is 11.6. The minimum atomic E-state index is -4.65. The zero-order valence-electron chi connectivity index (χ0n) is 8.34. The third-order valence-corrected chi connectivity index (χ3v) is 2.27. The SMILES string of the molecule is FC(F)(F)Oc1ccccc1C1=CCNC1. The van der Waals surface area contributed by atoms with Gasteiger partial charge in [-0.1, -0.05) is 24.3 Å². The summed E-state index contributed by atoms with van der Waals surface area (Å²) in [6, 6.07) is 6.16. The van der Waals surface area contributed by atoms with E-state index in [2.05, 4.69) is 10.1 Å². The van der Waals surface area contributed by atoms with Crippen LogP contribution in [0, 0.1) is 0 Å². The third-order valence-electron chi connectivity index (χ3n) is 2.27. The second-order valence-electron chi connectivity index (χ2n) is 3.40. The molecule has 0 atom stereocenters. The Hall–Kier alpha value is -1.49. The topological polar surface area (TPSA) is 21.3 Å². The second-order valence-corrected chi connectivity index (χ2v) is 3.40. The Morgan fingerprint density at radius 2 is 1.94 bits per heavy atom. The summed E-state index contributed by atoms with van der Waals surface area (Å²) in [5.74, 6) is -0.148. The van der Waals surface area contributed by atoms with Crippen LogP contribution in [0.25, 0.3) is 5.57 Å². The van der Waals surface area contributed by atoms with Crippen molar-refractivity contribution in [2.75, 3.05) is 13.1 Å². The summed E-state index contributed by atoms with van der Waals surface area (Å²) < 4.78 is 40.4. The summed E-state index contributed by atoms with van der Waals surface area (Å²) in [6.07, 6.45) is -2.79. The maximum atomic E-state index is 12.2. The minimum Gasteiger partial charge on any atom is -0.405 e. The minimum absolute atomic E-state index is 0.148. The molecule has 0 amide bonds. The van der Waals surface area contributed by atoms with Crippen LogP contribution < -0.4 is 10.1 Å². The molecule has 0 saturated carbocycles. The van der Waals surface area contributed by atoms with Crippen molar-refractivity contribution in [3.63, 3.8) is 0 Å². The van der Waals surface area contributed by atoms with Crippen LogP contribution in [0.5, 0.6) is 5.75 Å². The first-order valence-corrected chi connectivity index (χ1v) is 4.81. The van der Waals surface area contributed by atoms with Crippen LogP contribution in [-0.4, -0.2) is 19.5 Å². The zero-order valence-corrected chi connectivity index (χ0v) is 8.34. The van der Waals surface area contributed by atoms with Crippen molar-refractivity contribution >= 4 is 5.57 Å². The monoisotopic (exact) mass is 229 g/mol. The second kappa shape index (κ2) is 4.17. The molecule has 0 fully saturated rings. The summed E-state index contributed by atoms with van der Waals surface area (Å²) in [6.45, 7) is 1.24. The van der Waals surface area contributed by atoms with Gasteiger partial charge in [-0.25, -0.2) is 0 Å². The maximum Gasteiger partial charge on any atom is 0.573 e. The fourth-order valence-electron chi connectivity index (χ4n) is 1.63. The Balaban J connectivity index is 2.30. The van der Waals surface area contributed by atoms with Crippen molar-refractivity contribution in [2.45, 2.75) is 6.36 Å². The van der Waals surface area contributed by atoms with Gasteiger partial charge in [0, 0.05) is 18.7 Å². The number of hydrogen-bond acceptors (Lipinski definition) is 2. The Kier molecular flexibility index (Phi) is 2.87. The highest BCUT2D eigenvalue weighted by atomic mass is 19.4. The number of alkyl halides is 3. The molecule has 0 spiro atoms. The lowest BCUT2D eigenvalue weighted by atomic mass is 10.1. The molecule has 16 heavy (non-hydrogen) atoms. The van der Waals surface area contributed by atoms with E-state index in [0.29, 0.717) is 18.7 Å². The molecule has 5 heteroatoms. The molecule has 1 aromatic rings. The van der Waals surface area contributed by atoms with Crippen LogP contribution in [-0.2, 0) is 0 Å². The van der Waals surface area contributed by atoms with Gasteiger partial charge in [0.2, 0.25) is 0 Å². The van der Waals surface area contributed by atoms with Crippen molar-refractivity contribution < 1.29 is 17.9 Å². The number of rotatable bonds is 2. The number of nitrogens with one attached hydrogen (secondary N) is 1. The van der Waals surface area contributed by atoms with Crippen molar-refractivity contribution in [3.05, 3.63) is 35.9 Å². The molecule has 2 rings (SSSR count). The standard InChI is InChI=1S/C11H10F3NO/c12-11(13,14)16-10-4-2-1-3-9(10)8-5-6-15-7-8/h1-5,15H,6-7H2. The average molecular weight is 229 g/mol. The van der Waals surface area contributed by atoms with Crippen LogP contribution >= 0.6 is 0 Å². The predicted molar refractivity (Wildman–Crippen MR) is 54.0 cm³/mol. The van der Waals surface area contributed by atoms with E-state index in [1.54, 1.807) is 12.1 Å². The summed E-state index contributed by atoms with van der Waals surface area (Å²) in [5.41, 5.74) is 1.32. The number of ether oxygens (including phenoxy) is 1. The predicted octanol–water partition coefficient (Wildman–Crippen LogP) is 2.57. The Morgan fingerprint density at radius 1 is 1.19 bits per heavy atom. The lowest BCUT2D eigenvalue weighted by molar-refractivity contribution is -0.274. The lowest BCUT2D eigenvalue weighted by Crippen LogP contribution is -2.18. The van der Waals surface area contributed by atoms with Crippen molar-refractivity contribution in [1.82, 2.24) is 5.32 Å². The highest BCUT2D eigenvalue weighted by Crippen LogP contribution is 2.31. The Labute approximate surface area is 90.7 Å². The van der Waals surface area contributed by atoms with E-state index in [0.717, 1.165) is 5.57 Å². The van der Waals surface area contributed by atoms with Gasteiger partial charge < -0.3 is 10.1 Å². The normalized spacial score (nSPS) is 16.1. The lowest BCUT2D eigenvalue weighted by Gasteiger charge is -2.13. The van der Waals surface area contributed by atoms with E-state index in [-0.39, 0.29) is 5.75 Å². The van der Waals surface area contributed by atoms with E-state index in [9.17, 15) is 13.2 Å². The molecular formula is C11H10F3NO. The van der Waals surface area contributed by atoms with E-state index in [1.165, 1.54) is 12.1 Å². The third kappa shape index (κ3) is 2.55. The molecule has 0 radical (unpaired) electrons. The highest BCUT2D eigenvalue weighted by Gasteiger charge is 2.32. The molecule has 1 aliphatic heterocycles. The van der Waals surface area contributed by atoms with Gasteiger partial charge in [-0.05, 0) is 11.6 Å². The van der Waals surface area contributed by atoms with Gasteiger partial charge >= 0.3 is 6.36 Å². The van der Waals surface area contributed by atoms with Crippen molar-refractivity contribution in [3.8, 4) is 5.75 Å². The van der Waals surface area contributed by atoms with Gasteiger partial charge in [0.25, 0.3) is 0 Å². The number of para-hydroxylation sites is 1. The number of benzene rings is 1. The molecule has 86 valence electrons. The molecule has 0 unspecified atom stereocenters. The average Bonchev–Trinajstić information content (AvgIpc) is 2.69. The number of hydrogen-bond donors (Lipinski definition) is 1. The van der Waals surface area contributed by atoms with E-state index >= 15 is 0 Å². The Bertz CT molecular complexity index is 412. The first kappa shape index (κ1) is 11.0. The molecule has 0 saturated heterocycles. The van der Waals surface area contributed by atoms with E-state index < -0.39 is 6.36 Å². The van der Waals surface area contributed by atoms with E-state index in [1.807, 2.05) is 6.08 Å². The van der Waals surface area contributed by atoms with Crippen LogP contribution in [0.3, 0.4) is 0 Å². The van der Waals surface area contributed by atoms with Crippen LogP contribution in [0.2, 0.25) is 0 Å². The van der Waals surface area contributed by atoms with Gasteiger partial charge in [-0.2, -0.15) is 0 Å². The molecule has 1 heterocycles. The quantitative estimate of drug-likeness (QED) is 0.841. The summed E-state index contributed by atoms with van der Waals surface area (Å²) >= 11 is 0. The molecule has 1 N–H and O–H groups in total. The summed E-state index contributed by atoms with van der Waals surface area (Å²) in [5, 5.41) is 3.03.